The highest BCUT2D eigenvalue weighted by Crippen LogP contribution is 2.44. The molecular formula is C26H32N2O5S. The van der Waals surface area contributed by atoms with Gasteiger partial charge in [0.25, 0.3) is 0 Å². The Hall–Kier alpha value is -3.00. The average Bonchev–Trinajstić information content (AvgIpc) is 3.13. The van der Waals surface area contributed by atoms with Crippen LogP contribution in [0, 0.1) is 11.8 Å². The van der Waals surface area contributed by atoms with E-state index in [9.17, 15) is 19.5 Å². The van der Waals surface area contributed by atoms with E-state index in [4.69, 9.17) is 4.74 Å². The summed E-state index contributed by atoms with van der Waals surface area (Å²) < 4.78 is 5.57. The summed E-state index contributed by atoms with van der Waals surface area (Å²) in [6.07, 6.45) is 1.67. The molecule has 3 N–H and O–H groups in total. The number of carbonyl (C=O) groups is 3. The topological polar surface area (TPSA) is 105 Å². The molecule has 0 heterocycles. The van der Waals surface area contributed by atoms with Gasteiger partial charge in [0.1, 0.15) is 12.6 Å². The summed E-state index contributed by atoms with van der Waals surface area (Å²) in [6, 6.07) is 15.4. The number of benzene rings is 2. The molecule has 0 aliphatic heterocycles. The Morgan fingerprint density at radius 1 is 1.03 bits per heavy atom. The standard InChI is InChI=1S/C26H32N2O5S/c1-16(2)21(25(30)31)14-27-24(29)23(12-13-34-3)28-26(32)33-15-22-19-10-6-4-8-17(19)18-9-5-7-11-20(18)22/h4-11,16,21-23H,12-15H2,1-3H3,(H,27,29)(H,28,32)(H,30,31). The van der Waals surface area contributed by atoms with Gasteiger partial charge in [0, 0.05) is 12.5 Å². The molecule has 0 spiro atoms. The predicted molar refractivity (Wildman–Crippen MR) is 134 cm³/mol. The average molecular weight is 485 g/mol. The molecule has 2 unspecified atom stereocenters. The van der Waals surface area contributed by atoms with E-state index in [0.29, 0.717) is 12.2 Å². The Morgan fingerprint density at radius 2 is 1.62 bits per heavy atom. The monoisotopic (exact) mass is 484 g/mol. The van der Waals surface area contributed by atoms with Gasteiger partial charge >= 0.3 is 12.1 Å². The van der Waals surface area contributed by atoms with Gasteiger partial charge in [0.05, 0.1) is 5.92 Å². The first-order chi connectivity index (χ1) is 16.3. The molecule has 2 aromatic carbocycles. The number of ether oxygens (including phenoxy) is 1. The molecule has 1 aliphatic carbocycles. The molecule has 0 saturated heterocycles. The van der Waals surface area contributed by atoms with Crippen LogP contribution < -0.4 is 10.6 Å². The molecule has 2 amide bonds. The number of aliphatic carboxylic acids is 1. The number of rotatable bonds is 11. The number of nitrogens with one attached hydrogen (secondary N) is 2. The lowest BCUT2D eigenvalue weighted by Gasteiger charge is -2.21. The number of hydrogen-bond acceptors (Lipinski definition) is 5. The summed E-state index contributed by atoms with van der Waals surface area (Å²) in [5, 5.41) is 14.7. The summed E-state index contributed by atoms with van der Waals surface area (Å²) in [5.74, 6) is -1.60. The van der Waals surface area contributed by atoms with Crippen molar-refractivity contribution in [3.8, 4) is 11.1 Å². The Bertz CT molecular complexity index is 980. The van der Waals surface area contributed by atoms with Gasteiger partial charge in [0.15, 0.2) is 0 Å². The molecule has 0 radical (unpaired) electrons. The summed E-state index contributed by atoms with van der Waals surface area (Å²) in [5.41, 5.74) is 4.51. The third-order valence-electron chi connectivity index (χ3n) is 6.18. The molecule has 1 aliphatic rings. The molecule has 2 atom stereocenters. The predicted octanol–water partition coefficient (Wildman–Crippen LogP) is 4.12. The summed E-state index contributed by atoms with van der Waals surface area (Å²) >= 11 is 1.56. The number of fused-ring (bicyclic) bond motifs is 3. The van der Waals surface area contributed by atoms with Gasteiger partial charge in [-0.15, -0.1) is 0 Å². The minimum absolute atomic E-state index is 0.00791. The van der Waals surface area contributed by atoms with Crippen LogP contribution in [0.5, 0.6) is 0 Å². The molecule has 0 saturated carbocycles. The highest BCUT2D eigenvalue weighted by atomic mass is 32.2. The Labute approximate surface area is 204 Å². The van der Waals surface area contributed by atoms with Crippen LogP contribution >= 0.6 is 11.8 Å². The van der Waals surface area contributed by atoms with Crippen LogP contribution in [0.1, 0.15) is 37.3 Å². The van der Waals surface area contributed by atoms with Crippen LogP contribution in [0.15, 0.2) is 48.5 Å². The Balaban J connectivity index is 1.62. The number of carboxylic acid groups (broad SMARTS) is 1. The molecule has 182 valence electrons. The number of carboxylic acids is 1. The van der Waals surface area contributed by atoms with Crippen LogP contribution in [0.25, 0.3) is 11.1 Å². The van der Waals surface area contributed by atoms with Gasteiger partial charge in [-0.1, -0.05) is 62.4 Å². The number of carbonyl (C=O) groups excluding carboxylic acids is 2. The molecule has 2 aromatic rings. The molecule has 7 nitrogen and oxygen atoms in total. The molecule has 34 heavy (non-hydrogen) atoms. The number of amides is 2. The lowest BCUT2D eigenvalue weighted by molar-refractivity contribution is -0.143. The van der Waals surface area contributed by atoms with Crippen molar-refractivity contribution in [3.63, 3.8) is 0 Å². The minimum atomic E-state index is -0.958. The van der Waals surface area contributed by atoms with Crippen molar-refractivity contribution in [2.24, 2.45) is 11.8 Å². The number of alkyl carbamates (subject to hydrolysis) is 1. The van der Waals surface area contributed by atoms with E-state index in [0.717, 1.165) is 22.3 Å². The first kappa shape index (κ1) is 25.6. The maximum Gasteiger partial charge on any atom is 0.407 e. The first-order valence-electron chi connectivity index (χ1n) is 11.4. The lowest BCUT2D eigenvalue weighted by Crippen LogP contribution is -2.49. The first-order valence-corrected chi connectivity index (χ1v) is 12.8. The van der Waals surface area contributed by atoms with Gasteiger partial charge in [-0.25, -0.2) is 4.79 Å². The molecular weight excluding hydrogens is 452 g/mol. The molecule has 0 fully saturated rings. The number of thioether (sulfide) groups is 1. The highest BCUT2D eigenvalue weighted by Gasteiger charge is 2.30. The summed E-state index contributed by atoms with van der Waals surface area (Å²) in [6.45, 7) is 3.76. The largest absolute Gasteiger partial charge is 0.481 e. The van der Waals surface area contributed by atoms with Crippen LogP contribution in [-0.4, -0.2) is 54.3 Å². The van der Waals surface area contributed by atoms with Crippen molar-refractivity contribution in [3.05, 3.63) is 59.7 Å². The fourth-order valence-electron chi connectivity index (χ4n) is 4.23. The normalized spacial score (nSPS) is 14.1. The van der Waals surface area contributed by atoms with E-state index < -0.39 is 29.9 Å². The van der Waals surface area contributed by atoms with Crippen LogP contribution in [0.2, 0.25) is 0 Å². The fraction of sp³-hybridized carbons (Fsp3) is 0.423. The van der Waals surface area contributed by atoms with Gasteiger partial charge in [-0.05, 0) is 46.6 Å². The van der Waals surface area contributed by atoms with E-state index >= 15 is 0 Å². The van der Waals surface area contributed by atoms with E-state index in [-0.39, 0.29) is 25.0 Å². The van der Waals surface area contributed by atoms with Crippen LogP contribution in [0.3, 0.4) is 0 Å². The third-order valence-corrected chi connectivity index (χ3v) is 6.82. The van der Waals surface area contributed by atoms with Crippen molar-refractivity contribution in [1.29, 1.82) is 0 Å². The zero-order valence-electron chi connectivity index (χ0n) is 19.7. The van der Waals surface area contributed by atoms with Crippen molar-refractivity contribution in [2.75, 3.05) is 25.2 Å². The van der Waals surface area contributed by atoms with Gasteiger partial charge in [-0.3, -0.25) is 9.59 Å². The molecule has 0 bridgehead atoms. The second-order valence-electron chi connectivity index (χ2n) is 8.74. The molecule has 3 rings (SSSR count). The summed E-state index contributed by atoms with van der Waals surface area (Å²) in [7, 11) is 0. The van der Waals surface area contributed by atoms with E-state index in [1.54, 1.807) is 25.6 Å². The van der Waals surface area contributed by atoms with Crippen LogP contribution in [-0.2, 0) is 14.3 Å². The minimum Gasteiger partial charge on any atom is -0.481 e. The number of hydrogen-bond donors (Lipinski definition) is 3. The van der Waals surface area contributed by atoms with Gasteiger partial charge in [0.2, 0.25) is 5.91 Å². The van der Waals surface area contributed by atoms with E-state index in [2.05, 4.69) is 22.8 Å². The van der Waals surface area contributed by atoms with Crippen molar-refractivity contribution in [1.82, 2.24) is 10.6 Å². The second-order valence-corrected chi connectivity index (χ2v) is 9.72. The quantitative estimate of drug-likeness (QED) is 0.443. The molecule has 0 aromatic heterocycles. The lowest BCUT2D eigenvalue weighted by atomic mass is 9.96. The van der Waals surface area contributed by atoms with Gasteiger partial charge < -0.3 is 20.5 Å². The van der Waals surface area contributed by atoms with Crippen molar-refractivity contribution < 1.29 is 24.2 Å². The van der Waals surface area contributed by atoms with Crippen molar-refractivity contribution in [2.45, 2.75) is 32.2 Å². The zero-order valence-corrected chi connectivity index (χ0v) is 20.6. The highest BCUT2D eigenvalue weighted by molar-refractivity contribution is 7.98. The van der Waals surface area contributed by atoms with E-state index in [1.165, 1.54) is 0 Å². The zero-order chi connectivity index (χ0) is 24.7. The van der Waals surface area contributed by atoms with Gasteiger partial charge in [-0.2, -0.15) is 11.8 Å². The fourth-order valence-corrected chi connectivity index (χ4v) is 4.70. The van der Waals surface area contributed by atoms with Crippen molar-refractivity contribution >= 4 is 29.7 Å². The smallest absolute Gasteiger partial charge is 0.407 e. The van der Waals surface area contributed by atoms with E-state index in [1.807, 2.05) is 42.7 Å². The summed E-state index contributed by atoms with van der Waals surface area (Å²) in [4.78, 5) is 36.8. The maximum absolute atomic E-state index is 12.7. The Kier molecular flexibility index (Phi) is 8.98. The Morgan fingerprint density at radius 3 is 2.15 bits per heavy atom. The maximum atomic E-state index is 12.7. The third kappa shape index (κ3) is 6.11. The molecule has 8 heteroatoms. The van der Waals surface area contributed by atoms with Crippen LogP contribution in [0.4, 0.5) is 4.79 Å². The SMILES string of the molecule is CSCCC(NC(=O)OCC1c2ccccc2-c2ccccc21)C(=O)NCC(C(=O)O)C(C)C. The second kappa shape index (κ2) is 11.9.